The topological polar surface area (TPSA) is 77.2 Å². The Morgan fingerprint density at radius 1 is 1.12 bits per heavy atom. The van der Waals surface area contributed by atoms with Crippen LogP contribution in [0, 0.1) is 0 Å². The molecule has 2 aromatic rings. The van der Waals surface area contributed by atoms with Crippen molar-refractivity contribution in [1.29, 1.82) is 0 Å². The molecule has 0 fully saturated rings. The van der Waals surface area contributed by atoms with Crippen molar-refractivity contribution in [3.05, 3.63) is 46.8 Å². The van der Waals surface area contributed by atoms with Crippen LogP contribution >= 0.6 is 11.6 Å². The molecule has 0 unspecified atom stereocenters. The largest absolute Gasteiger partial charge is 0.361 e. The average molecular weight is 384 g/mol. The molecule has 0 spiro atoms. The summed E-state index contributed by atoms with van der Waals surface area (Å²) in [4.78, 5) is 12.7. The monoisotopic (exact) mass is 383 g/mol. The predicted octanol–water partition coefficient (Wildman–Crippen LogP) is 3.99. The molecule has 25 heavy (non-hydrogen) atoms. The van der Waals surface area contributed by atoms with E-state index in [9.17, 15) is 13.2 Å². The summed E-state index contributed by atoms with van der Waals surface area (Å²) in [6.45, 7) is 8.74. The zero-order valence-electron chi connectivity index (χ0n) is 15.0. The van der Waals surface area contributed by atoms with Crippen LogP contribution in [-0.2, 0) is 26.5 Å². The number of benzene rings is 1. The number of sulfone groups is 1. The second-order valence-electron chi connectivity index (χ2n) is 7.50. The maximum absolute atomic E-state index is 12.9. The third kappa shape index (κ3) is 3.96. The van der Waals surface area contributed by atoms with Crippen LogP contribution in [0.4, 0.5) is 0 Å². The molecule has 2 rings (SSSR count). The van der Waals surface area contributed by atoms with Gasteiger partial charge < -0.3 is 4.52 Å². The second kappa shape index (κ2) is 6.57. The van der Waals surface area contributed by atoms with Gasteiger partial charge in [-0.2, -0.15) is 0 Å². The Balaban J connectivity index is 2.27. The van der Waals surface area contributed by atoms with Crippen LogP contribution in [0.2, 0.25) is 5.02 Å². The Hall–Kier alpha value is -1.66. The number of hydrogen-bond donors (Lipinski definition) is 0. The van der Waals surface area contributed by atoms with E-state index < -0.39 is 20.4 Å². The lowest BCUT2D eigenvalue weighted by Gasteiger charge is -2.23. The molecule has 0 bridgehead atoms. The lowest BCUT2D eigenvalue weighted by atomic mass is 9.92. The van der Waals surface area contributed by atoms with Gasteiger partial charge in [-0.25, -0.2) is 8.42 Å². The molecule has 1 heterocycles. The van der Waals surface area contributed by atoms with Crippen molar-refractivity contribution >= 4 is 27.2 Å². The molecule has 0 aliphatic carbocycles. The number of rotatable bonds is 5. The number of carbonyl (C=O) groups excluding carboxylic acids is 1. The number of hydrogen-bond acceptors (Lipinski definition) is 5. The van der Waals surface area contributed by atoms with Crippen molar-refractivity contribution in [3.63, 3.8) is 0 Å². The van der Waals surface area contributed by atoms with Crippen LogP contribution < -0.4 is 0 Å². The van der Waals surface area contributed by atoms with E-state index in [2.05, 4.69) is 5.16 Å². The predicted molar refractivity (Wildman–Crippen MR) is 96.6 cm³/mol. The summed E-state index contributed by atoms with van der Waals surface area (Å²) in [6.07, 6.45) is -0.136. The molecule has 0 saturated carbocycles. The molecule has 0 N–H and O–H groups in total. The van der Waals surface area contributed by atoms with Crippen molar-refractivity contribution in [2.75, 3.05) is 0 Å². The first-order valence-electron chi connectivity index (χ1n) is 7.85. The van der Waals surface area contributed by atoms with Crippen LogP contribution in [0.25, 0.3) is 0 Å². The fourth-order valence-corrected chi connectivity index (χ4v) is 3.76. The first kappa shape index (κ1) is 19.7. The first-order chi connectivity index (χ1) is 11.4. The number of Topliss-reactive ketones (excluding diaryl/α,β-unsaturated/α-hetero) is 1. The van der Waals surface area contributed by atoms with E-state index in [0.29, 0.717) is 16.5 Å². The van der Waals surface area contributed by atoms with E-state index in [0.717, 1.165) is 0 Å². The molecule has 0 atom stereocenters. The molecular formula is C18H22ClNO4S. The minimum atomic E-state index is -3.87. The molecule has 0 aliphatic rings. The van der Waals surface area contributed by atoms with E-state index in [1.54, 1.807) is 6.07 Å². The summed E-state index contributed by atoms with van der Waals surface area (Å²) in [7, 11) is -3.87. The summed E-state index contributed by atoms with van der Waals surface area (Å²) in [6, 6.07) is 7.47. The fraction of sp³-hybridized carbons (Fsp3) is 0.444. The molecule has 1 aromatic heterocycles. The van der Waals surface area contributed by atoms with Gasteiger partial charge in [0.1, 0.15) is 10.5 Å². The molecular weight excluding hydrogens is 362 g/mol. The highest BCUT2D eigenvalue weighted by atomic mass is 35.5. The van der Waals surface area contributed by atoms with Crippen molar-refractivity contribution < 1.29 is 17.7 Å². The van der Waals surface area contributed by atoms with Crippen LogP contribution in [-0.4, -0.2) is 24.1 Å². The Labute approximate surface area is 153 Å². The molecule has 136 valence electrons. The van der Waals surface area contributed by atoms with Gasteiger partial charge in [-0.15, -0.1) is 0 Å². The zero-order valence-corrected chi connectivity index (χ0v) is 16.5. The van der Waals surface area contributed by atoms with E-state index in [4.69, 9.17) is 16.1 Å². The average Bonchev–Trinajstić information content (AvgIpc) is 2.96. The van der Waals surface area contributed by atoms with Crippen LogP contribution in [0.15, 0.2) is 39.8 Å². The van der Waals surface area contributed by atoms with Gasteiger partial charge in [0, 0.05) is 16.5 Å². The van der Waals surface area contributed by atoms with Crippen LogP contribution in [0.5, 0.6) is 0 Å². The van der Waals surface area contributed by atoms with Gasteiger partial charge in [-0.3, -0.25) is 4.79 Å². The van der Waals surface area contributed by atoms with Gasteiger partial charge in [0.25, 0.3) is 0 Å². The number of aromatic nitrogens is 1. The summed E-state index contributed by atoms with van der Waals surface area (Å²) in [5, 5.41) is 4.39. The smallest absolute Gasteiger partial charge is 0.190 e. The van der Waals surface area contributed by atoms with Gasteiger partial charge in [0.15, 0.2) is 15.6 Å². The summed E-state index contributed by atoms with van der Waals surface area (Å²) in [5.74, 6) is -0.103. The van der Waals surface area contributed by atoms with E-state index in [1.165, 1.54) is 38.1 Å². The number of ketones is 1. The van der Waals surface area contributed by atoms with E-state index in [1.807, 2.05) is 20.8 Å². The Bertz CT molecular complexity index is 875. The summed E-state index contributed by atoms with van der Waals surface area (Å²) >= 11 is 5.80. The van der Waals surface area contributed by atoms with Crippen molar-refractivity contribution in [2.45, 2.75) is 56.1 Å². The standard InChI is InChI=1S/C18H22ClNO4S/c1-17(2,3)15-10-13(24-20-15)11-16(21)18(4,5)25(22,23)14-8-6-12(19)7-9-14/h6-10H,11H2,1-5H3. The SMILES string of the molecule is CC(C)(C)c1cc(CC(=O)C(C)(C)S(=O)(=O)c2ccc(Cl)cc2)on1. The van der Waals surface area contributed by atoms with Crippen LogP contribution in [0.1, 0.15) is 46.1 Å². The van der Waals surface area contributed by atoms with E-state index in [-0.39, 0.29) is 16.7 Å². The minimum absolute atomic E-state index is 0.0585. The number of halogens is 1. The minimum Gasteiger partial charge on any atom is -0.361 e. The fourth-order valence-electron chi connectivity index (χ4n) is 2.18. The lowest BCUT2D eigenvalue weighted by molar-refractivity contribution is -0.120. The van der Waals surface area contributed by atoms with Crippen molar-refractivity contribution in [3.8, 4) is 0 Å². The lowest BCUT2D eigenvalue weighted by Crippen LogP contribution is -2.41. The summed E-state index contributed by atoms with van der Waals surface area (Å²) in [5.41, 5.74) is 0.504. The van der Waals surface area contributed by atoms with E-state index >= 15 is 0 Å². The highest BCUT2D eigenvalue weighted by Crippen LogP contribution is 2.29. The molecule has 7 heteroatoms. The Kier molecular flexibility index (Phi) is 5.17. The molecule has 0 radical (unpaired) electrons. The molecule has 1 aromatic carbocycles. The number of nitrogens with zero attached hydrogens (tertiary/aromatic N) is 1. The maximum atomic E-state index is 12.9. The highest BCUT2D eigenvalue weighted by molar-refractivity contribution is 7.93. The Morgan fingerprint density at radius 2 is 1.68 bits per heavy atom. The van der Waals surface area contributed by atoms with Gasteiger partial charge in [-0.05, 0) is 38.1 Å². The molecule has 0 aliphatic heterocycles. The number of carbonyl (C=O) groups is 1. The molecule has 0 saturated heterocycles. The van der Waals surface area contributed by atoms with Gasteiger partial charge in [-0.1, -0.05) is 37.5 Å². The highest BCUT2D eigenvalue weighted by Gasteiger charge is 2.42. The molecule has 5 nitrogen and oxygen atoms in total. The van der Waals surface area contributed by atoms with Gasteiger partial charge in [0.05, 0.1) is 17.0 Å². The normalized spacial score (nSPS) is 13.0. The third-order valence-electron chi connectivity index (χ3n) is 4.13. The van der Waals surface area contributed by atoms with Gasteiger partial charge in [0.2, 0.25) is 0 Å². The van der Waals surface area contributed by atoms with Crippen molar-refractivity contribution in [2.24, 2.45) is 0 Å². The zero-order chi connectivity index (χ0) is 19.0. The summed E-state index contributed by atoms with van der Waals surface area (Å²) < 4.78 is 29.3. The first-order valence-corrected chi connectivity index (χ1v) is 9.71. The second-order valence-corrected chi connectivity index (χ2v) is 10.4. The maximum Gasteiger partial charge on any atom is 0.190 e. The Morgan fingerprint density at radius 3 is 2.16 bits per heavy atom. The van der Waals surface area contributed by atoms with Crippen molar-refractivity contribution in [1.82, 2.24) is 5.16 Å². The third-order valence-corrected chi connectivity index (χ3v) is 6.85. The van der Waals surface area contributed by atoms with Crippen LogP contribution in [0.3, 0.4) is 0 Å². The quantitative estimate of drug-likeness (QED) is 0.780. The van der Waals surface area contributed by atoms with Gasteiger partial charge >= 0.3 is 0 Å². The molecule has 0 amide bonds.